The van der Waals surface area contributed by atoms with Crippen LogP contribution in [-0.4, -0.2) is 5.11 Å². The van der Waals surface area contributed by atoms with Crippen molar-refractivity contribution in [2.45, 2.75) is 26.4 Å². The molecule has 0 spiro atoms. The van der Waals surface area contributed by atoms with E-state index in [4.69, 9.17) is 16.9 Å². The van der Waals surface area contributed by atoms with Crippen LogP contribution in [0.5, 0.6) is 0 Å². The van der Waals surface area contributed by atoms with Crippen LogP contribution in [0.1, 0.15) is 31.9 Å². The molecule has 16 heavy (non-hydrogen) atoms. The standard InChI is InChI=1S/C12H13ClFNO/c1-3-12(2,7-15)11(16)8-4-9(13)6-10(14)5-8/h4-6,11,16H,3H2,1-2H3. The quantitative estimate of drug-likeness (QED) is 0.881. The minimum atomic E-state index is -1.05. The average molecular weight is 242 g/mol. The lowest BCUT2D eigenvalue weighted by atomic mass is 9.80. The fraction of sp³-hybridized carbons (Fsp3) is 0.417. The summed E-state index contributed by atoms with van der Waals surface area (Å²) in [5.74, 6) is -0.516. The van der Waals surface area contributed by atoms with E-state index in [-0.39, 0.29) is 5.02 Å². The molecular weight excluding hydrogens is 229 g/mol. The number of hydrogen-bond donors (Lipinski definition) is 1. The molecule has 0 bridgehead atoms. The highest BCUT2D eigenvalue weighted by atomic mass is 35.5. The molecule has 1 rings (SSSR count). The predicted octanol–water partition coefficient (Wildman–Crippen LogP) is 3.45. The molecule has 86 valence electrons. The summed E-state index contributed by atoms with van der Waals surface area (Å²) in [5.41, 5.74) is -0.604. The largest absolute Gasteiger partial charge is 0.387 e. The fourth-order valence-corrected chi connectivity index (χ4v) is 1.66. The summed E-state index contributed by atoms with van der Waals surface area (Å²) in [6.45, 7) is 3.43. The maximum atomic E-state index is 13.1. The highest BCUT2D eigenvalue weighted by Gasteiger charge is 2.32. The molecule has 2 nitrogen and oxygen atoms in total. The van der Waals surface area contributed by atoms with E-state index in [1.54, 1.807) is 13.8 Å². The third kappa shape index (κ3) is 2.52. The summed E-state index contributed by atoms with van der Waals surface area (Å²) in [5, 5.41) is 19.3. The second kappa shape index (κ2) is 4.82. The Bertz CT molecular complexity index is 409. The van der Waals surface area contributed by atoms with Crippen LogP contribution in [0.25, 0.3) is 0 Å². The number of aliphatic hydroxyl groups excluding tert-OH is 1. The van der Waals surface area contributed by atoms with Gasteiger partial charge in [-0.1, -0.05) is 18.5 Å². The average Bonchev–Trinajstić information content (AvgIpc) is 2.25. The Hall–Kier alpha value is -1.11. The number of halogens is 2. The van der Waals surface area contributed by atoms with Crippen molar-refractivity contribution < 1.29 is 9.50 Å². The van der Waals surface area contributed by atoms with Crippen LogP contribution < -0.4 is 0 Å². The van der Waals surface area contributed by atoms with Gasteiger partial charge in [-0.2, -0.15) is 5.26 Å². The van der Waals surface area contributed by atoms with Crippen LogP contribution in [0.15, 0.2) is 18.2 Å². The second-order valence-electron chi connectivity index (χ2n) is 3.99. The SMILES string of the molecule is CCC(C)(C#N)C(O)c1cc(F)cc(Cl)c1. The monoisotopic (exact) mass is 241 g/mol. The van der Waals surface area contributed by atoms with Gasteiger partial charge in [-0.15, -0.1) is 0 Å². The Morgan fingerprint density at radius 2 is 2.19 bits per heavy atom. The highest BCUT2D eigenvalue weighted by molar-refractivity contribution is 6.30. The first-order chi connectivity index (χ1) is 7.42. The molecule has 0 fully saturated rings. The molecule has 0 aliphatic carbocycles. The van der Waals surface area contributed by atoms with Crippen molar-refractivity contribution in [1.82, 2.24) is 0 Å². The zero-order chi connectivity index (χ0) is 12.3. The summed E-state index contributed by atoms with van der Waals surface area (Å²) in [7, 11) is 0. The molecular formula is C12H13ClFNO. The molecule has 0 aliphatic rings. The molecule has 0 radical (unpaired) electrons. The van der Waals surface area contributed by atoms with Gasteiger partial charge in [0.15, 0.2) is 0 Å². The molecule has 0 amide bonds. The lowest BCUT2D eigenvalue weighted by Gasteiger charge is -2.26. The Morgan fingerprint density at radius 3 is 2.62 bits per heavy atom. The highest BCUT2D eigenvalue weighted by Crippen LogP contribution is 2.37. The van der Waals surface area contributed by atoms with Gasteiger partial charge >= 0.3 is 0 Å². The smallest absolute Gasteiger partial charge is 0.125 e. The summed E-state index contributed by atoms with van der Waals surface area (Å²) in [6.07, 6.45) is -0.575. The molecule has 1 N–H and O–H groups in total. The maximum absolute atomic E-state index is 13.1. The van der Waals surface area contributed by atoms with Crippen LogP contribution in [0.4, 0.5) is 4.39 Å². The van der Waals surface area contributed by atoms with Crippen LogP contribution in [0, 0.1) is 22.6 Å². The molecule has 1 aromatic carbocycles. The Balaban J connectivity index is 3.14. The van der Waals surface area contributed by atoms with Crippen LogP contribution in [-0.2, 0) is 0 Å². The van der Waals surface area contributed by atoms with E-state index in [0.29, 0.717) is 12.0 Å². The minimum Gasteiger partial charge on any atom is -0.387 e. The van der Waals surface area contributed by atoms with Gasteiger partial charge in [-0.3, -0.25) is 0 Å². The molecule has 0 heterocycles. The summed E-state index contributed by atoms with van der Waals surface area (Å²) in [6, 6.07) is 5.88. The molecule has 0 saturated carbocycles. The molecule has 0 saturated heterocycles. The van der Waals surface area contributed by atoms with Gasteiger partial charge in [0.05, 0.1) is 17.6 Å². The van der Waals surface area contributed by atoms with E-state index >= 15 is 0 Å². The van der Waals surface area contributed by atoms with Gasteiger partial charge in [0.2, 0.25) is 0 Å². The lowest BCUT2D eigenvalue weighted by Crippen LogP contribution is -2.23. The molecule has 1 aromatic rings. The normalized spacial score (nSPS) is 16.2. The fourth-order valence-electron chi connectivity index (χ4n) is 1.43. The second-order valence-corrected chi connectivity index (χ2v) is 4.42. The third-order valence-electron chi connectivity index (χ3n) is 2.79. The summed E-state index contributed by atoms with van der Waals surface area (Å²) in [4.78, 5) is 0. The zero-order valence-electron chi connectivity index (χ0n) is 9.17. The summed E-state index contributed by atoms with van der Waals surface area (Å²) < 4.78 is 13.1. The van der Waals surface area contributed by atoms with Crippen molar-refractivity contribution in [1.29, 1.82) is 5.26 Å². The van der Waals surface area contributed by atoms with Crippen molar-refractivity contribution in [3.63, 3.8) is 0 Å². The molecule has 0 aliphatic heterocycles. The van der Waals surface area contributed by atoms with E-state index in [1.807, 2.05) is 6.07 Å². The van der Waals surface area contributed by atoms with E-state index in [1.165, 1.54) is 12.1 Å². The molecule has 4 heteroatoms. The van der Waals surface area contributed by atoms with E-state index in [0.717, 1.165) is 6.07 Å². The number of aliphatic hydroxyl groups is 1. The van der Waals surface area contributed by atoms with Crippen molar-refractivity contribution in [3.8, 4) is 6.07 Å². The van der Waals surface area contributed by atoms with Gasteiger partial charge in [-0.25, -0.2) is 4.39 Å². The van der Waals surface area contributed by atoms with Crippen LogP contribution >= 0.6 is 11.6 Å². The van der Waals surface area contributed by atoms with Crippen molar-refractivity contribution in [2.75, 3.05) is 0 Å². The predicted molar refractivity (Wildman–Crippen MR) is 60.4 cm³/mol. The first kappa shape index (κ1) is 13.0. The first-order valence-corrected chi connectivity index (χ1v) is 5.36. The Morgan fingerprint density at radius 1 is 1.56 bits per heavy atom. The van der Waals surface area contributed by atoms with Crippen molar-refractivity contribution in [3.05, 3.63) is 34.6 Å². The van der Waals surface area contributed by atoms with Crippen molar-refractivity contribution in [2.24, 2.45) is 5.41 Å². The lowest BCUT2D eigenvalue weighted by molar-refractivity contribution is 0.0719. The van der Waals surface area contributed by atoms with Gasteiger partial charge in [0.25, 0.3) is 0 Å². The number of nitriles is 1. The van der Waals surface area contributed by atoms with Crippen LogP contribution in [0.2, 0.25) is 5.02 Å². The van der Waals surface area contributed by atoms with Crippen molar-refractivity contribution >= 4 is 11.6 Å². The molecule has 2 atom stereocenters. The Kier molecular flexibility index (Phi) is 3.90. The van der Waals surface area contributed by atoms with Gasteiger partial charge < -0.3 is 5.11 Å². The zero-order valence-corrected chi connectivity index (χ0v) is 9.92. The van der Waals surface area contributed by atoms with E-state index < -0.39 is 17.3 Å². The minimum absolute atomic E-state index is 0.213. The summed E-state index contributed by atoms with van der Waals surface area (Å²) >= 11 is 5.70. The number of hydrogen-bond acceptors (Lipinski definition) is 2. The first-order valence-electron chi connectivity index (χ1n) is 4.98. The van der Waals surface area contributed by atoms with E-state index in [9.17, 15) is 9.50 Å². The third-order valence-corrected chi connectivity index (χ3v) is 3.01. The maximum Gasteiger partial charge on any atom is 0.125 e. The molecule has 0 aromatic heterocycles. The van der Waals surface area contributed by atoms with Gasteiger partial charge in [0, 0.05) is 5.02 Å². The topological polar surface area (TPSA) is 44.0 Å². The Labute approximate surface area is 99.3 Å². The number of nitrogens with zero attached hydrogens (tertiary/aromatic N) is 1. The van der Waals surface area contributed by atoms with E-state index in [2.05, 4.69) is 0 Å². The van der Waals surface area contributed by atoms with Crippen LogP contribution in [0.3, 0.4) is 0 Å². The molecule has 2 unspecified atom stereocenters. The van der Waals surface area contributed by atoms with Gasteiger partial charge in [0.1, 0.15) is 5.82 Å². The number of benzene rings is 1. The van der Waals surface area contributed by atoms with Gasteiger partial charge in [-0.05, 0) is 37.1 Å². The number of rotatable bonds is 3.